The molecule has 0 N–H and O–H groups in total. The maximum atomic E-state index is 12.1. The fraction of sp³-hybridized carbons (Fsp3) is 0.318. The Morgan fingerprint density at radius 2 is 1.87 bits per heavy atom. The minimum absolute atomic E-state index is 0.0655. The van der Waals surface area contributed by atoms with Crippen LogP contribution >= 0.6 is 11.6 Å². The van der Waals surface area contributed by atoms with Gasteiger partial charge in [-0.05, 0) is 35.4 Å². The Morgan fingerprint density at radius 3 is 2.33 bits per heavy atom. The van der Waals surface area contributed by atoms with Crippen molar-refractivity contribution >= 4 is 40.5 Å². The molecule has 0 saturated heterocycles. The van der Waals surface area contributed by atoms with E-state index >= 15 is 0 Å². The normalized spacial score (nSPS) is 12.3. The number of imidazole rings is 1. The number of aromatic nitrogens is 2. The fourth-order valence-corrected chi connectivity index (χ4v) is 4.67. The third-order valence-electron chi connectivity index (χ3n) is 4.60. The van der Waals surface area contributed by atoms with Gasteiger partial charge in [0.15, 0.2) is 0 Å². The highest BCUT2D eigenvalue weighted by Gasteiger charge is 2.22. The van der Waals surface area contributed by atoms with Crippen LogP contribution in [0.3, 0.4) is 0 Å². The summed E-state index contributed by atoms with van der Waals surface area (Å²) in [5.41, 5.74) is 4.31. The molecule has 1 aromatic carbocycles. The molecule has 0 radical (unpaired) electrons. The number of hydrogen-bond donors (Lipinski definition) is 0. The van der Waals surface area contributed by atoms with Gasteiger partial charge < -0.3 is 4.74 Å². The Balaban J connectivity index is 0.000000357. The monoisotopic (exact) mass is 460 g/mol. The van der Waals surface area contributed by atoms with Crippen molar-refractivity contribution in [1.82, 2.24) is 9.55 Å². The number of fused-ring (bicyclic) bond motifs is 2. The minimum atomic E-state index is -3.53. The largest absolute Gasteiger partial charge is 0.361 e. The molecule has 158 valence electrons. The summed E-state index contributed by atoms with van der Waals surface area (Å²) in [6.07, 6.45) is 6.60. The topological polar surface area (TPSA) is 61.2 Å². The van der Waals surface area contributed by atoms with Gasteiger partial charge in [-0.3, -0.25) is 4.57 Å². The molecule has 0 fully saturated rings. The summed E-state index contributed by atoms with van der Waals surface area (Å²) >= 11 is 6.10. The van der Waals surface area contributed by atoms with E-state index in [1.54, 1.807) is 12.1 Å². The van der Waals surface area contributed by atoms with Gasteiger partial charge in [0, 0.05) is 26.0 Å². The predicted molar refractivity (Wildman–Crippen MR) is 125 cm³/mol. The van der Waals surface area contributed by atoms with Gasteiger partial charge in [-0.25, -0.2) is 13.4 Å². The second-order valence-electron chi connectivity index (χ2n) is 8.49. The van der Waals surface area contributed by atoms with E-state index in [0.29, 0.717) is 28.2 Å². The van der Waals surface area contributed by atoms with Crippen LogP contribution in [-0.2, 0) is 21.3 Å². The summed E-state index contributed by atoms with van der Waals surface area (Å²) in [7, 11) is -4.75. The van der Waals surface area contributed by atoms with E-state index in [2.05, 4.69) is 54.8 Å². The van der Waals surface area contributed by atoms with Crippen molar-refractivity contribution in [3.63, 3.8) is 0 Å². The number of halogens is 1. The zero-order chi connectivity index (χ0) is 22.1. The minimum Gasteiger partial charge on any atom is -0.361 e. The van der Waals surface area contributed by atoms with Gasteiger partial charge in [-0.2, -0.15) is 0 Å². The molecule has 30 heavy (non-hydrogen) atoms. The third-order valence-corrected chi connectivity index (χ3v) is 7.50. The molecule has 0 spiro atoms. The van der Waals surface area contributed by atoms with Crippen LogP contribution in [0.2, 0.25) is 30.7 Å². The average molecular weight is 461 g/mol. The number of sulfone groups is 1. The third kappa shape index (κ3) is 5.52. The standard InChI is InChI=1S/C16H21ClN2O3SSi.C6H4/c1-6-12-9-13(17)10-14-15(12)18-16(23(2,20)21)19(14)11-22-7-8-24(3,4)5;1-2-5-4-6(5)3-1/h1,9-10H,7-8,11H2,2-5H3;1-4H. The van der Waals surface area contributed by atoms with Crippen molar-refractivity contribution in [2.24, 2.45) is 0 Å². The summed E-state index contributed by atoms with van der Waals surface area (Å²) in [5, 5.41) is 0.364. The summed E-state index contributed by atoms with van der Waals surface area (Å²) in [5.74, 6) is 2.50. The van der Waals surface area contributed by atoms with Gasteiger partial charge in [-0.1, -0.05) is 55.4 Å². The van der Waals surface area contributed by atoms with E-state index in [1.165, 1.54) is 15.7 Å². The van der Waals surface area contributed by atoms with Crippen molar-refractivity contribution in [3.05, 3.63) is 47.0 Å². The van der Waals surface area contributed by atoms with Crippen LogP contribution in [0.25, 0.3) is 22.2 Å². The summed E-state index contributed by atoms with van der Waals surface area (Å²) in [4.78, 5) is 4.23. The Bertz CT molecular complexity index is 1220. The van der Waals surface area contributed by atoms with E-state index in [9.17, 15) is 8.42 Å². The molecule has 2 aliphatic carbocycles. The lowest BCUT2D eigenvalue weighted by atomic mass is 10.2. The van der Waals surface area contributed by atoms with Gasteiger partial charge in [0.05, 0.1) is 11.1 Å². The van der Waals surface area contributed by atoms with Gasteiger partial charge in [-0.15, -0.1) is 6.42 Å². The molecule has 1 heterocycles. The Morgan fingerprint density at radius 1 is 1.20 bits per heavy atom. The van der Waals surface area contributed by atoms with Crippen LogP contribution in [0.1, 0.15) is 5.56 Å². The Kier molecular flexibility index (Phi) is 6.44. The number of benzene rings is 2. The maximum Gasteiger partial charge on any atom is 0.230 e. The van der Waals surface area contributed by atoms with Gasteiger partial charge in [0.1, 0.15) is 12.2 Å². The van der Waals surface area contributed by atoms with Crippen LogP contribution in [0.15, 0.2) is 41.6 Å². The predicted octanol–water partition coefficient (Wildman–Crippen LogP) is 5.05. The van der Waals surface area contributed by atoms with Crippen LogP contribution in [0, 0.1) is 12.3 Å². The second-order valence-corrected chi connectivity index (χ2v) is 16.5. The smallest absolute Gasteiger partial charge is 0.230 e. The Hall–Kier alpha value is -2.11. The van der Waals surface area contributed by atoms with Crippen LogP contribution in [-0.4, -0.2) is 38.9 Å². The Labute approximate surface area is 184 Å². The molecular formula is C22H25ClN2O3SSi. The second kappa shape index (κ2) is 8.56. The van der Waals surface area contributed by atoms with E-state index in [1.807, 2.05) is 0 Å². The van der Waals surface area contributed by atoms with Crippen molar-refractivity contribution in [2.75, 3.05) is 12.9 Å². The highest BCUT2D eigenvalue weighted by molar-refractivity contribution is 7.90. The van der Waals surface area contributed by atoms with Crippen molar-refractivity contribution in [2.45, 2.75) is 37.6 Å². The highest BCUT2D eigenvalue weighted by Crippen LogP contribution is 2.32. The van der Waals surface area contributed by atoms with Crippen molar-refractivity contribution < 1.29 is 13.2 Å². The summed E-state index contributed by atoms with van der Waals surface area (Å²) < 4.78 is 31.4. The first kappa shape index (κ1) is 22.6. The van der Waals surface area contributed by atoms with Crippen LogP contribution < -0.4 is 0 Å². The van der Waals surface area contributed by atoms with Gasteiger partial charge in [0.25, 0.3) is 0 Å². The van der Waals surface area contributed by atoms with E-state index in [4.69, 9.17) is 22.8 Å². The number of ether oxygens (including phenoxy) is 1. The van der Waals surface area contributed by atoms with E-state index in [0.717, 1.165) is 12.3 Å². The molecule has 2 aromatic rings. The lowest BCUT2D eigenvalue weighted by Gasteiger charge is -2.16. The number of rotatable bonds is 6. The lowest BCUT2D eigenvalue weighted by molar-refractivity contribution is 0.0838. The highest BCUT2D eigenvalue weighted by atomic mass is 35.5. The zero-order valence-electron chi connectivity index (χ0n) is 17.6. The van der Waals surface area contributed by atoms with Crippen LogP contribution in [0.4, 0.5) is 0 Å². The van der Waals surface area contributed by atoms with E-state index in [-0.39, 0.29) is 11.9 Å². The van der Waals surface area contributed by atoms with Gasteiger partial charge in [0.2, 0.25) is 15.0 Å². The zero-order valence-corrected chi connectivity index (χ0v) is 20.1. The molecule has 0 atom stereocenters. The lowest BCUT2D eigenvalue weighted by Crippen LogP contribution is -2.22. The number of hydrogen-bond acceptors (Lipinski definition) is 4. The maximum absolute atomic E-state index is 12.1. The van der Waals surface area contributed by atoms with E-state index < -0.39 is 17.9 Å². The molecule has 1 aromatic heterocycles. The SMILES string of the molecule is C#Cc1cc(Cl)cc2c1nc(S(C)(=O)=O)n2COCC[Si](C)(C)C.c1cc2cc-2c1. The molecule has 0 unspecified atom stereocenters. The first-order valence-electron chi connectivity index (χ1n) is 9.54. The van der Waals surface area contributed by atoms with Crippen molar-refractivity contribution in [3.8, 4) is 23.5 Å². The molecule has 8 heteroatoms. The first-order valence-corrected chi connectivity index (χ1v) is 15.5. The summed E-state index contributed by atoms with van der Waals surface area (Å²) in [6, 6.07) is 12.7. The quantitative estimate of drug-likeness (QED) is 0.229. The van der Waals surface area contributed by atoms with Gasteiger partial charge >= 0.3 is 0 Å². The molecule has 0 bridgehead atoms. The molecule has 0 saturated carbocycles. The fourth-order valence-electron chi connectivity index (χ4n) is 2.89. The molecule has 0 amide bonds. The molecule has 4 rings (SSSR count). The molecule has 5 nitrogen and oxygen atoms in total. The number of nitrogens with zero attached hydrogens (tertiary/aromatic N) is 2. The average Bonchev–Trinajstić information content (AvgIpc) is 3.06. The first-order chi connectivity index (χ1) is 14.0. The number of terminal acetylenes is 1. The molecular weight excluding hydrogens is 436 g/mol. The summed E-state index contributed by atoms with van der Waals surface area (Å²) in [6.45, 7) is 7.42. The van der Waals surface area contributed by atoms with Crippen molar-refractivity contribution in [1.29, 1.82) is 0 Å². The molecule has 0 aliphatic heterocycles. The molecule has 2 aliphatic rings. The van der Waals surface area contributed by atoms with Crippen LogP contribution in [0.5, 0.6) is 0 Å².